The number of thiazole rings is 1. The maximum absolute atomic E-state index is 13.2. The molecule has 0 radical (unpaired) electrons. The lowest BCUT2D eigenvalue weighted by Crippen LogP contribution is -2.39. The van der Waals surface area contributed by atoms with Gasteiger partial charge in [0.1, 0.15) is 11.5 Å². The number of carbonyl (C=O) groups excluding carboxylic acids is 1. The monoisotopic (exact) mass is 396 g/mol. The van der Waals surface area contributed by atoms with Crippen molar-refractivity contribution in [2.45, 2.75) is 25.7 Å². The second-order valence-corrected chi connectivity index (χ2v) is 8.18. The lowest BCUT2D eigenvalue weighted by Gasteiger charge is -2.32. The summed E-state index contributed by atoms with van der Waals surface area (Å²) >= 11 is 1.74. The van der Waals surface area contributed by atoms with Crippen LogP contribution in [0.4, 0.5) is 0 Å². The number of hydrogen-bond donors (Lipinski definition) is 0. The molecule has 0 bridgehead atoms. The zero-order chi connectivity index (χ0) is 19.7. The van der Waals surface area contributed by atoms with Crippen LogP contribution in [0.15, 0.2) is 36.4 Å². The summed E-state index contributed by atoms with van der Waals surface area (Å²) in [7, 11) is 3.22. The first-order valence-corrected chi connectivity index (χ1v) is 10.3. The van der Waals surface area contributed by atoms with Crippen molar-refractivity contribution in [2.75, 3.05) is 27.3 Å². The number of ether oxygens (including phenoxy) is 2. The topological polar surface area (TPSA) is 51.7 Å². The van der Waals surface area contributed by atoms with Crippen molar-refractivity contribution in [2.24, 2.45) is 0 Å². The van der Waals surface area contributed by atoms with E-state index in [0.717, 1.165) is 35.5 Å². The van der Waals surface area contributed by atoms with Gasteiger partial charge in [-0.2, -0.15) is 0 Å². The molecule has 0 N–H and O–H groups in total. The van der Waals surface area contributed by atoms with E-state index in [4.69, 9.17) is 14.5 Å². The van der Waals surface area contributed by atoms with E-state index in [2.05, 4.69) is 6.07 Å². The van der Waals surface area contributed by atoms with Gasteiger partial charge >= 0.3 is 0 Å². The van der Waals surface area contributed by atoms with Gasteiger partial charge in [-0.3, -0.25) is 4.79 Å². The molecule has 0 saturated carbocycles. The van der Waals surface area contributed by atoms with Crippen LogP contribution in [0.25, 0.3) is 10.2 Å². The molecule has 1 saturated heterocycles. The summed E-state index contributed by atoms with van der Waals surface area (Å²) in [5.74, 6) is 1.64. The SMILES string of the molecule is COc1cc(C(=O)N2CCC[C@H](c3nc4ccccc4s3)C2)cc(OC)c1C. The standard InChI is InChI=1S/C22H24N2O3S/c1-14-18(26-2)11-16(12-19(14)27-3)22(25)24-10-6-7-15(13-24)21-23-17-8-4-5-9-20(17)28-21/h4-5,8-9,11-12,15H,6-7,10,13H2,1-3H3/t15-/m0/s1. The zero-order valence-electron chi connectivity index (χ0n) is 16.4. The fourth-order valence-electron chi connectivity index (χ4n) is 3.82. The van der Waals surface area contributed by atoms with Crippen molar-refractivity contribution < 1.29 is 14.3 Å². The fourth-order valence-corrected chi connectivity index (χ4v) is 4.91. The van der Waals surface area contributed by atoms with Gasteiger partial charge in [-0.1, -0.05) is 12.1 Å². The molecule has 1 aliphatic rings. The highest BCUT2D eigenvalue weighted by molar-refractivity contribution is 7.18. The van der Waals surface area contributed by atoms with Gasteiger partial charge in [0.05, 0.1) is 29.4 Å². The van der Waals surface area contributed by atoms with Gasteiger partial charge in [0.25, 0.3) is 5.91 Å². The van der Waals surface area contributed by atoms with E-state index in [1.54, 1.807) is 25.6 Å². The van der Waals surface area contributed by atoms with E-state index >= 15 is 0 Å². The molecule has 0 spiro atoms. The molecule has 0 unspecified atom stereocenters. The number of benzene rings is 2. The predicted octanol–water partition coefficient (Wildman–Crippen LogP) is 4.64. The molecule has 5 nitrogen and oxygen atoms in total. The summed E-state index contributed by atoms with van der Waals surface area (Å²) in [6.07, 6.45) is 2.04. The first-order chi connectivity index (χ1) is 13.6. The number of carbonyl (C=O) groups is 1. The third-order valence-corrected chi connectivity index (χ3v) is 6.57. The highest BCUT2D eigenvalue weighted by Gasteiger charge is 2.28. The van der Waals surface area contributed by atoms with Gasteiger partial charge in [-0.15, -0.1) is 11.3 Å². The number of amides is 1. The van der Waals surface area contributed by atoms with Crippen LogP contribution >= 0.6 is 11.3 Å². The van der Waals surface area contributed by atoms with Crippen LogP contribution in [0.5, 0.6) is 11.5 Å². The molecule has 2 heterocycles. The minimum atomic E-state index is 0.0161. The lowest BCUT2D eigenvalue weighted by molar-refractivity contribution is 0.0706. The van der Waals surface area contributed by atoms with E-state index in [-0.39, 0.29) is 11.8 Å². The molecule has 1 aliphatic heterocycles. The molecule has 6 heteroatoms. The van der Waals surface area contributed by atoms with Crippen LogP contribution in [0.2, 0.25) is 0 Å². The number of likely N-dealkylation sites (tertiary alicyclic amines) is 1. The number of fused-ring (bicyclic) bond motifs is 1. The van der Waals surface area contributed by atoms with Crippen LogP contribution < -0.4 is 9.47 Å². The number of methoxy groups -OCH3 is 2. The van der Waals surface area contributed by atoms with E-state index in [0.29, 0.717) is 23.6 Å². The number of para-hydroxylation sites is 1. The summed E-state index contributed by atoms with van der Waals surface area (Å²) < 4.78 is 12.1. The average molecular weight is 397 g/mol. The van der Waals surface area contributed by atoms with Gasteiger partial charge < -0.3 is 14.4 Å². The fraction of sp³-hybridized carbons (Fsp3) is 0.364. The molecule has 146 valence electrons. The van der Waals surface area contributed by atoms with Gasteiger partial charge in [0, 0.05) is 30.1 Å². The van der Waals surface area contributed by atoms with Crippen molar-refractivity contribution >= 4 is 27.5 Å². The highest BCUT2D eigenvalue weighted by Crippen LogP contribution is 2.34. The number of aromatic nitrogens is 1. The molecule has 1 aromatic heterocycles. The normalized spacial score (nSPS) is 17.0. The Morgan fingerprint density at radius 2 is 1.89 bits per heavy atom. The zero-order valence-corrected chi connectivity index (χ0v) is 17.2. The van der Waals surface area contributed by atoms with E-state index in [9.17, 15) is 4.79 Å². The van der Waals surface area contributed by atoms with Crippen LogP contribution in [-0.2, 0) is 0 Å². The van der Waals surface area contributed by atoms with Crippen molar-refractivity contribution in [1.82, 2.24) is 9.88 Å². The van der Waals surface area contributed by atoms with Crippen molar-refractivity contribution in [3.63, 3.8) is 0 Å². The Bertz CT molecular complexity index is 956. The first kappa shape index (κ1) is 18.7. The maximum atomic E-state index is 13.2. The van der Waals surface area contributed by atoms with Crippen molar-refractivity contribution in [3.05, 3.63) is 52.5 Å². The Kier molecular flexibility index (Phi) is 5.22. The third kappa shape index (κ3) is 3.44. The Balaban J connectivity index is 1.58. The smallest absolute Gasteiger partial charge is 0.254 e. The van der Waals surface area contributed by atoms with Gasteiger partial charge in [0.2, 0.25) is 0 Å². The molecule has 2 aromatic carbocycles. The van der Waals surface area contributed by atoms with Gasteiger partial charge in [-0.25, -0.2) is 4.98 Å². The first-order valence-electron chi connectivity index (χ1n) is 9.48. The maximum Gasteiger partial charge on any atom is 0.254 e. The Morgan fingerprint density at radius 3 is 2.57 bits per heavy atom. The van der Waals surface area contributed by atoms with Crippen LogP contribution in [0.3, 0.4) is 0 Å². The minimum Gasteiger partial charge on any atom is -0.496 e. The Morgan fingerprint density at radius 1 is 1.18 bits per heavy atom. The summed E-state index contributed by atoms with van der Waals surface area (Å²) in [6.45, 7) is 3.38. The van der Waals surface area contributed by atoms with E-state index in [1.165, 1.54) is 4.70 Å². The number of rotatable bonds is 4. The summed E-state index contributed by atoms with van der Waals surface area (Å²) in [4.78, 5) is 19.9. The van der Waals surface area contributed by atoms with Gasteiger partial charge in [-0.05, 0) is 44.0 Å². The molecule has 0 aliphatic carbocycles. The average Bonchev–Trinajstić information content (AvgIpc) is 3.18. The van der Waals surface area contributed by atoms with E-state index < -0.39 is 0 Å². The van der Waals surface area contributed by atoms with Gasteiger partial charge in [0.15, 0.2) is 0 Å². The second kappa shape index (κ2) is 7.80. The number of nitrogens with zero attached hydrogens (tertiary/aromatic N) is 2. The highest BCUT2D eigenvalue weighted by atomic mass is 32.1. The molecule has 3 aromatic rings. The molecular weight excluding hydrogens is 372 g/mol. The molecular formula is C22H24N2O3S. The third-order valence-electron chi connectivity index (χ3n) is 5.37. The second-order valence-electron chi connectivity index (χ2n) is 7.12. The summed E-state index contributed by atoms with van der Waals surface area (Å²) in [6, 6.07) is 11.8. The summed E-state index contributed by atoms with van der Waals surface area (Å²) in [5.41, 5.74) is 2.54. The Hall–Kier alpha value is -2.60. The van der Waals surface area contributed by atoms with Crippen molar-refractivity contribution in [3.8, 4) is 11.5 Å². The quantitative estimate of drug-likeness (QED) is 0.645. The molecule has 1 amide bonds. The molecule has 1 atom stereocenters. The number of hydrogen-bond acceptors (Lipinski definition) is 5. The lowest BCUT2D eigenvalue weighted by atomic mass is 9.97. The van der Waals surface area contributed by atoms with Crippen LogP contribution in [0, 0.1) is 6.92 Å². The molecule has 4 rings (SSSR count). The van der Waals surface area contributed by atoms with Crippen LogP contribution in [0.1, 0.15) is 39.7 Å². The Labute approximate surface area is 168 Å². The van der Waals surface area contributed by atoms with E-state index in [1.807, 2.05) is 42.2 Å². The van der Waals surface area contributed by atoms with Crippen molar-refractivity contribution in [1.29, 1.82) is 0 Å². The number of piperidine rings is 1. The van der Waals surface area contributed by atoms with Crippen LogP contribution in [-0.4, -0.2) is 43.1 Å². The summed E-state index contributed by atoms with van der Waals surface area (Å²) in [5, 5.41) is 1.12. The minimum absolute atomic E-state index is 0.0161. The largest absolute Gasteiger partial charge is 0.496 e. The predicted molar refractivity (Wildman–Crippen MR) is 112 cm³/mol. The molecule has 1 fully saturated rings. The molecule has 28 heavy (non-hydrogen) atoms.